The molecule has 3 atom stereocenters. The standard InChI is InChI=1S/C25H40F3N3O6/c1-2-37-21(33)19(13-12-17-9-4-3-5-10-17)31-16-8-14-24(31,23(35)36)20(32)18(29)11-6-7-15-30-22(34)25(26,27)28/h17-19H,2-16,29H2,1H3,(H,30,34)(H,35,36)/t18-,19?,24+/m0/s1. The Kier molecular flexibility index (Phi) is 11.8. The van der Waals surface area contributed by atoms with Crippen LogP contribution in [0.3, 0.4) is 0 Å². The Labute approximate surface area is 215 Å². The number of unbranched alkanes of at least 4 members (excludes halogenated alkanes) is 1. The molecular formula is C25H40F3N3O6. The third-order valence-corrected chi connectivity index (χ3v) is 7.52. The van der Waals surface area contributed by atoms with Crippen molar-refractivity contribution in [2.45, 2.75) is 108 Å². The number of hydrogen-bond donors (Lipinski definition) is 3. The maximum atomic E-state index is 13.5. The molecular weight excluding hydrogens is 495 g/mol. The number of carbonyl (C=O) groups excluding carboxylic acids is 3. The number of rotatable bonds is 14. The van der Waals surface area contributed by atoms with Crippen LogP contribution in [0.15, 0.2) is 0 Å². The summed E-state index contributed by atoms with van der Waals surface area (Å²) in [6.07, 6.45) is 2.52. The van der Waals surface area contributed by atoms with Crippen molar-refractivity contribution in [2.75, 3.05) is 19.7 Å². The van der Waals surface area contributed by atoms with Gasteiger partial charge in [-0.15, -0.1) is 0 Å². The van der Waals surface area contributed by atoms with Crippen LogP contribution in [0.2, 0.25) is 0 Å². The molecule has 2 fully saturated rings. The zero-order valence-corrected chi connectivity index (χ0v) is 21.5. The van der Waals surface area contributed by atoms with Gasteiger partial charge in [0.25, 0.3) is 0 Å². The van der Waals surface area contributed by atoms with Crippen molar-refractivity contribution in [3.63, 3.8) is 0 Å². The zero-order chi connectivity index (χ0) is 27.6. The molecule has 1 saturated heterocycles. The van der Waals surface area contributed by atoms with Gasteiger partial charge >= 0.3 is 24.0 Å². The van der Waals surface area contributed by atoms with Crippen LogP contribution in [-0.4, -0.2) is 77.1 Å². The van der Waals surface area contributed by atoms with E-state index in [9.17, 15) is 37.5 Å². The van der Waals surface area contributed by atoms with Gasteiger partial charge in [-0.05, 0) is 57.8 Å². The van der Waals surface area contributed by atoms with E-state index in [2.05, 4.69) is 0 Å². The number of ether oxygens (including phenoxy) is 1. The predicted molar refractivity (Wildman–Crippen MR) is 128 cm³/mol. The van der Waals surface area contributed by atoms with Gasteiger partial charge in [-0.2, -0.15) is 13.2 Å². The molecule has 12 heteroatoms. The molecule has 0 spiro atoms. The Morgan fingerprint density at radius 1 is 1.11 bits per heavy atom. The lowest BCUT2D eigenvalue weighted by Gasteiger charge is -2.39. The fourth-order valence-electron chi connectivity index (χ4n) is 5.60. The van der Waals surface area contributed by atoms with E-state index >= 15 is 0 Å². The molecule has 0 radical (unpaired) electrons. The van der Waals surface area contributed by atoms with Gasteiger partial charge in [0.2, 0.25) is 0 Å². The van der Waals surface area contributed by atoms with Crippen molar-refractivity contribution in [2.24, 2.45) is 11.7 Å². The molecule has 37 heavy (non-hydrogen) atoms. The Balaban J connectivity index is 2.09. The van der Waals surface area contributed by atoms with Crippen molar-refractivity contribution in [1.82, 2.24) is 10.2 Å². The number of likely N-dealkylation sites (tertiary alicyclic amines) is 1. The summed E-state index contributed by atoms with van der Waals surface area (Å²) in [5, 5.41) is 12.0. The molecule has 0 aromatic rings. The van der Waals surface area contributed by atoms with Crippen molar-refractivity contribution in [1.29, 1.82) is 0 Å². The van der Waals surface area contributed by atoms with Gasteiger partial charge in [0.1, 0.15) is 6.04 Å². The normalized spacial score (nSPS) is 22.8. The lowest BCUT2D eigenvalue weighted by atomic mass is 9.82. The third kappa shape index (κ3) is 8.13. The molecule has 1 aliphatic carbocycles. The summed E-state index contributed by atoms with van der Waals surface area (Å²) in [7, 11) is 0. The minimum atomic E-state index is -4.97. The highest BCUT2D eigenvalue weighted by molar-refractivity contribution is 6.10. The Morgan fingerprint density at radius 3 is 2.38 bits per heavy atom. The van der Waals surface area contributed by atoms with Gasteiger partial charge < -0.3 is 20.9 Å². The van der Waals surface area contributed by atoms with Crippen molar-refractivity contribution < 1.29 is 42.2 Å². The monoisotopic (exact) mass is 535 g/mol. The number of nitrogens with one attached hydrogen (secondary N) is 1. The molecule has 1 heterocycles. The maximum absolute atomic E-state index is 13.5. The fraction of sp³-hybridized carbons (Fsp3) is 0.840. The molecule has 4 N–H and O–H groups in total. The topological polar surface area (TPSA) is 139 Å². The third-order valence-electron chi connectivity index (χ3n) is 7.52. The van der Waals surface area contributed by atoms with Crippen LogP contribution in [0.5, 0.6) is 0 Å². The highest BCUT2D eigenvalue weighted by Crippen LogP contribution is 2.37. The number of halogens is 3. The number of carbonyl (C=O) groups is 4. The van der Waals surface area contributed by atoms with Crippen LogP contribution in [-0.2, 0) is 23.9 Å². The number of ketones is 1. The molecule has 1 unspecified atom stereocenters. The van der Waals surface area contributed by atoms with Gasteiger partial charge in [-0.25, -0.2) is 4.79 Å². The van der Waals surface area contributed by atoms with E-state index in [1.807, 2.05) is 0 Å². The summed E-state index contributed by atoms with van der Waals surface area (Å²) < 4.78 is 42.1. The first-order valence-corrected chi connectivity index (χ1v) is 13.3. The van der Waals surface area contributed by atoms with E-state index in [-0.39, 0.29) is 45.4 Å². The summed E-state index contributed by atoms with van der Waals surface area (Å²) in [5.74, 6) is -4.23. The van der Waals surface area contributed by atoms with Crippen LogP contribution >= 0.6 is 0 Å². The van der Waals surface area contributed by atoms with Gasteiger partial charge in [-0.1, -0.05) is 32.1 Å². The second-order valence-electron chi connectivity index (χ2n) is 10.0. The molecule has 2 aliphatic rings. The molecule has 212 valence electrons. The molecule has 2 rings (SSSR count). The molecule has 1 aliphatic heterocycles. The summed E-state index contributed by atoms with van der Waals surface area (Å²) in [6, 6.07) is -2.06. The van der Waals surface area contributed by atoms with E-state index in [1.165, 1.54) is 11.3 Å². The SMILES string of the molecule is CCOC(=O)C(CCC1CCCCC1)N1CCC[C@]1(C(=O)O)C(=O)[C@@H](N)CCCCNC(=O)C(F)(F)F. The van der Waals surface area contributed by atoms with Gasteiger partial charge in [-0.3, -0.25) is 19.3 Å². The highest BCUT2D eigenvalue weighted by atomic mass is 19.4. The van der Waals surface area contributed by atoms with E-state index in [4.69, 9.17) is 10.5 Å². The van der Waals surface area contributed by atoms with Crippen LogP contribution in [0.1, 0.15) is 84.0 Å². The highest BCUT2D eigenvalue weighted by Gasteiger charge is 2.58. The fourth-order valence-corrected chi connectivity index (χ4v) is 5.60. The Bertz CT molecular complexity index is 803. The number of nitrogens with two attached hydrogens (primary N) is 1. The largest absolute Gasteiger partial charge is 0.480 e. The summed E-state index contributed by atoms with van der Waals surface area (Å²) in [4.78, 5) is 51.4. The number of carboxylic acids is 1. The van der Waals surface area contributed by atoms with Gasteiger partial charge in [0.15, 0.2) is 11.3 Å². The average molecular weight is 536 g/mol. The first-order chi connectivity index (χ1) is 17.4. The molecule has 0 bridgehead atoms. The number of Topliss-reactive ketones (excluding diaryl/α,β-unsaturated/α-hetero) is 1. The average Bonchev–Trinajstić information content (AvgIpc) is 3.29. The minimum Gasteiger partial charge on any atom is -0.480 e. The quantitative estimate of drug-likeness (QED) is 0.175. The lowest BCUT2D eigenvalue weighted by Crippen LogP contribution is -2.65. The zero-order valence-electron chi connectivity index (χ0n) is 21.5. The van der Waals surface area contributed by atoms with Gasteiger partial charge in [0, 0.05) is 13.1 Å². The van der Waals surface area contributed by atoms with Crippen LogP contribution < -0.4 is 11.1 Å². The first-order valence-electron chi connectivity index (χ1n) is 13.3. The van der Waals surface area contributed by atoms with Crippen molar-refractivity contribution in [3.8, 4) is 0 Å². The molecule has 0 aromatic carbocycles. The van der Waals surface area contributed by atoms with Crippen LogP contribution in [0, 0.1) is 5.92 Å². The Hall–Kier alpha value is -2.21. The molecule has 1 amide bonds. The van der Waals surface area contributed by atoms with Crippen LogP contribution in [0.4, 0.5) is 13.2 Å². The number of hydrogen-bond acceptors (Lipinski definition) is 7. The van der Waals surface area contributed by atoms with E-state index < -0.39 is 47.4 Å². The summed E-state index contributed by atoms with van der Waals surface area (Å²) in [6.45, 7) is 1.79. The number of esters is 1. The lowest BCUT2D eigenvalue weighted by molar-refractivity contribution is -0.173. The second-order valence-corrected chi connectivity index (χ2v) is 10.0. The first kappa shape index (κ1) is 31.0. The van der Waals surface area contributed by atoms with Crippen molar-refractivity contribution >= 4 is 23.6 Å². The number of alkyl halides is 3. The number of aliphatic carboxylic acids is 1. The van der Waals surface area contributed by atoms with E-state index in [1.54, 1.807) is 12.2 Å². The molecule has 1 saturated carbocycles. The predicted octanol–water partition coefficient (Wildman–Crippen LogP) is 2.94. The van der Waals surface area contributed by atoms with E-state index in [0.717, 1.165) is 32.1 Å². The van der Waals surface area contributed by atoms with Gasteiger partial charge in [0.05, 0.1) is 12.6 Å². The van der Waals surface area contributed by atoms with Crippen molar-refractivity contribution in [3.05, 3.63) is 0 Å². The number of carboxylic acid groups (broad SMARTS) is 1. The second kappa shape index (κ2) is 14.1. The molecule has 9 nitrogen and oxygen atoms in total. The van der Waals surface area contributed by atoms with Crippen LogP contribution in [0.25, 0.3) is 0 Å². The maximum Gasteiger partial charge on any atom is 0.471 e. The summed E-state index contributed by atoms with van der Waals surface area (Å²) >= 11 is 0. The number of nitrogens with zero attached hydrogens (tertiary/aromatic N) is 1. The molecule has 0 aromatic heterocycles. The Morgan fingerprint density at radius 2 is 1.78 bits per heavy atom. The smallest absolute Gasteiger partial charge is 0.471 e. The number of amides is 1. The summed E-state index contributed by atoms with van der Waals surface area (Å²) in [5.41, 5.74) is 4.13. The minimum absolute atomic E-state index is 0.00976. The van der Waals surface area contributed by atoms with E-state index in [0.29, 0.717) is 18.8 Å².